The van der Waals surface area contributed by atoms with Crippen molar-refractivity contribution in [3.63, 3.8) is 0 Å². The van der Waals surface area contributed by atoms with E-state index in [4.69, 9.17) is 0 Å². The number of non-ortho nitro benzene ring substituents is 1. The highest BCUT2D eigenvalue weighted by Gasteiger charge is 2.49. The van der Waals surface area contributed by atoms with Crippen LogP contribution in [-0.4, -0.2) is 48.9 Å². The number of carbonyl (C=O) groups is 2. The van der Waals surface area contributed by atoms with E-state index in [0.29, 0.717) is 18.7 Å². The number of likely N-dealkylation sites (N-methyl/N-ethyl adjacent to an activating group) is 1. The van der Waals surface area contributed by atoms with E-state index < -0.39 is 16.5 Å². The largest absolute Gasteiger partial charge is 0.338 e. The summed E-state index contributed by atoms with van der Waals surface area (Å²) >= 11 is 0. The van der Waals surface area contributed by atoms with Gasteiger partial charge in [0.1, 0.15) is 5.54 Å². The average molecular weight is 307 g/mol. The van der Waals surface area contributed by atoms with Gasteiger partial charge in [0, 0.05) is 12.1 Å². The molecule has 1 aromatic rings. The quantitative estimate of drug-likeness (QED) is 0.436. The number of benzene rings is 1. The molecule has 2 N–H and O–H groups in total. The Morgan fingerprint density at radius 1 is 1.27 bits per heavy atom. The summed E-state index contributed by atoms with van der Waals surface area (Å²) in [7, 11) is 3.88. The Hall–Kier alpha value is -2.48. The highest BCUT2D eigenvalue weighted by Crippen LogP contribution is 2.29. The highest BCUT2D eigenvalue weighted by atomic mass is 16.6. The molecular weight excluding hydrogens is 288 g/mol. The van der Waals surface area contributed by atoms with Crippen molar-refractivity contribution in [3.8, 4) is 0 Å². The van der Waals surface area contributed by atoms with Gasteiger partial charge < -0.3 is 10.2 Å². The Kier molecular flexibility index (Phi) is 4.14. The van der Waals surface area contributed by atoms with E-state index in [-0.39, 0.29) is 11.6 Å². The molecule has 0 bridgehead atoms. The lowest BCUT2D eigenvalue weighted by Crippen LogP contribution is -3.06. The van der Waals surface area contributed by atoms with Gasteiger partial charge >= 0.3 is 6.03 Å². The van der Waals surface area contributed by atoms with Gasteiger partial charge in [-0.15, -0.1) is 0 Å². The molecule has 2 rings (SSSR count). The van der Waals surface area contributed by atoms with Crippen LogP contribution in [0.15, 0.2) is 24.3 Å². The first kappa shape index (κ1) is 15.9. The highest BCUT2D eigenvalue weighted by molar-refractivity contribution is 6.07. The third-order valence-corrected chi connectivity index (χ3v) is 3.77. The zero-order chi connectivity index (χ0) is 16.5. The van der Waals surface area contributed by atoms with Gasteiger partial charge in [-0.3, -0.25) is 19.8 Å². The molecule has 22 heavy (non-hydrogen) atoms. The molecule has 1 aromatic carbocycles. The smallest absolute Gasteiger partial charge is 0.325 e. The van der Waals surface area contributed by atoms with Crippen LogP contribution in [0.1, 0.15) is 12.5 Å². The average Bonchev–Trinajstić information content (AvgIpc) is 2.68. The summed E-state index contributed by atoms with van der Waals surface area (Å²) in [4.78, 5) is 37.1. The number of hydrogen-bond acceptors (Lipinski definition) is 4. The van der Waals surface area contributed by atoms with Gasteiger partial charge in [-0.25, -0.2) is 4.79 Å². The minimum absolute atomic E-state index is 0.0582. The fourth-order valence-electron chi connectivity index (χ4n) is 2.35. The van der Waals surface area contributed by atoms with Crippen LogP contribution in [0.2, 0.25) is 0 Å². The fraction of sp³-hybridized carbons (Fsp3) is 0.429. The molecular formula is C14H19N4O4+. The lowest BCUT2D eigenvalue weighted by molar-refractivity contribution is -0.857. The number of nitro groups is 1. The topological polar surface area (TPSA) is 97.0 Å². The number of nitro benzene ring substituents is 1. The Morgan fingerprint density at radius 2 is 1.86 bits per heavy atom. The van der Waals surface area contributed by atoms with Crippen LogP contribution in [-0.2, 0) is 10.3 Å². The predicted molar refractivity (Wildman–Crippen MR) is 78.4 cm³/mol. The van der Waals surface area contributed by atoms with Crippen LogP contribution in [0.5, 0.6) is 0 Å². The van der Waals surface area contributed by atoms with E-state index in [1.807, 2.05) is 14.1 Å². The maximum Gasteiger partial charge on any atom is 0.325 e. The zero-order valence-electron chi connectivity index (χ0n) is 12.8. The van der Waals surface area contributed by atoms with Crippen molar-refractivity contribution in [3.05, 3.63) is 39.9 Å². The Labute approximate surface area is 127 Å². The number of nitrogens with zero attached hydrogens (tertiary/aromatic N) is 2. The first-order valence-electron chi connectivity index (χ1n) is 6.94. The summed E-state index contributed by atoms with van der Waals surface area (Å²) in [5.41, 5.74) is -0.721. The van der Waals surface area contributed by atoms with Crippen molar-refractivity contribution in [2.24, 2.45) is 0 Å². The monoisotopic (exact) mass is 307 g/mol. The number of rotatable bonds is 5. The van der Waals surface area contributed by atoms with Crippen molar-refractivity contribution in [2.75, 3.05) is 27.2 Å². The van der Waals surface area contributed by atoms with Crippen LogP contribution in [0, 0.1) is 10.1 Å². The molecule has 8 heteroatoms. The molecule has 0 spiro atoms. The molecule has 0 unspecified atom stereocenters. The zero-order valence-corrected chi connectivity index (χ0v) is 12.8. The van der Waals surface area contributed by atoms with Crippen LogP contribution in [0.25, 0.3) is 0 Å². The lowest BCUT2D eigenvalue weighted by atomic mass is 9.92. The van der Waals surface area contributed by atoms with Gasteiger partial charge in [-0.1, -0.05) is 0 Å². The molecule has 1 atom stereocenters. The van der Waals surface area contributed by atoms with Crippen molar-refractivity contribution in [1.29, 1.82) is 0 Å². The van der Waals surface area contributed by atoms with E-state index in [1.165, 1.54) is 29.2 Å². The van der Waals surface area contributed by atoms with Gasteiger partial charge in [0.15, 0.2) is 0 Å². The molecule has 3 amide bonds. The number of carbonyl (C=O) groups excluding carboxylic acids is 2. The van der Waals surface area contributed by atoms with Crippen LogP contribution in [0.4, 0.5) is 10.5 Å². The molecule has 0 aromatic heterocycles. The molecule has 0 saturated carbocycles. The second-order valence-corrected chi connectivity index (χ2v) is 5.77. The molecule has 1 heterocycles. The second-order valence-electron chi connectivity index (χ2n) is 5.77. The molecule has 1 aliphatic rings. The van der Waals surface area contributed by atoms with Crippen LogP contribution >= 0.6 is 0 Å². The lowest BCUT2D eigenvalue weighted by Gasteiger charge is -2.22. The molecule has 0 aliphatic carbocycles. The van der Waals surface area contributed by atoms with Crippen LogP contribution < -0.4 is 10.2 Å². The summed E-state index contributed by atoms with van der Waals surface area (Å²) in [6.07, 6.45) is 0. The number of hydrogen-bond donors (Lipinski definition) is 2. The van der Waals surface area contributed by atoms with E-state index in [1.54, 1.807) is 6.92 Å². The molecule has 1 fully saturated rings. The standard InChI is InChI=1S/C14H18N4O4/c1-14(10-4-6-11(7-5-10)18(21)22)12(19)17(13(20)15-14)9-8-16(2)3/h4-7H,8-9H2,1-3H3,(H,15,20)/p+1/t14-/m1/s1. The normalized spacial score (nSPS) is 21.4. The Bertz CT molecular complexity index is 614. The summed E-state index contributed by atoms with van der Waals surface area (Å²) in [6, 6.07) is 5.21. The van der Waals surface area contributed by atoms with Gasteiger partial charge in [0.2, 0.25) is 0 Å². The SMILES string of the molecule is C[NH+](C)CCN1C(=O)N[C@](C)(c2ccc([N+](=O)[O-])cc2)C1=O. The molecule has 0 radical (unpaired) electrons. The predicted octanol–water partition coefficient (Wildman–Crippen LogP) is -0.494. The summed E-state index contributed by atoms with van der Waals surface area (Å²) in [6.45, 7) is 2.59. The van der Waals surface area contributed by atoms with E-state index in [0.717, 1.165) is 4.90 Å². The van der Waals surface area contributed by atoms with Crippen molar-refractivity contribution >= 4 is 17.6 Å². The van der Waals surface area contributed by atoms with E-state index in [9.17, 15) is 19.7 Å². The van der Waals surface area contributed by atoms with Gasteiger partial charge in [0.25, 0.3) is 11.6 Å². The number of quaternary nitrogens is 1. The number of imide groups is 1. The van der Waals surface area contributed by atoms with E-state index in [2.05, 4.69) is 5.32 Å². The first-order chi connectivity index (χ1) is 10.3. The minimum atomic E-state index is -1.19. The van der Waals surface area contributed by atoms with E-state index >= 15 is 0 Å². The van der Waals surface area contributed by atoms with Crippen LogP contribution in [0.3, 0.4) is 0 Å². The number of nitrogens with one attached hydrogen (secondary N) is 2. The summed E-state index contributed by atoms with van der Waals surface area (Å²) < 4.78 is 0. The first-order valence-corrected chi connectivity index (χ1v) is 6.94. The Balaban J connectivity index is 2.24. The number of amides is 3. The van der Waals surface area contributed by atoms with Gasteiger partial charge in [-0.05, 0) is 24.6 Å². The van der Waals surface area contributed by atoms with Crippen molar-refractivity contribution in [2.45, 2.75) is 12.5 Å². The maximum absolute atomic E-state index is 12.6. The fourth-order valence-corrected chi connectivity index (χ4v) is 2.35. The number of urea groups is 1. The van der Waals surface area contributed by atoms with Gasteiger partial charge in [0.05, 0.1) is 32.1 Å². The third kappa shape index (κ3) is 2.77. The minimum Gasteiger partial charge on any atom is -0.338 e. The summed E-state index contributed by atoms with van der Waals surface area (Å²) in [5, 5.41) is 13.4. The Morgan fingerprint density at radius 3 is 2.36 bits per heavy atom. The molecule has 118 valence electrons. The van der Waals surface area contributed by atoms with Crippen molar-refractivity contribution < 1.29 is 19.4 Å². The molecule has 8 nitrogen and oxygen atoms in total. The summed E-state index contributed by atoms with van der Waals surface area (Å²) in [5.74, 6) is -0.340. The third-order valence-electron chi connectivity index (χ3n) is 3.77. The van der Waals surface area contributed by atoms with Gasteiger partial charge in [-0.2, -0.15) is 0 Å². The second kappa shape index (κ2) is 5.72. The molecule has 1 aliphatic heterocycles. The molecule has 1 saturated heterocycles. The maximum atomic E-state index is 12.6. The van der Waals surface area contributed by atoms with Crippen molar-refractivity contribution in [1.82, 2.24) is 10.2 Å².